The van der Waals surface area contributed by atoms with E-state index in [1.165, 1.54) is 19.3 Å². The lowest BCUT2D eigenvalue weighted by molar-refractivity contribution is -0.161. The molecule has 21 heavy (non-hydrogen) atoms. The van der Waals surface area contributed by atoms with Gasteiger partial charge in [0.25, 0.3) is 0 Å². The molecule has 2 aliphatic heterocycles. The molecule has 0 aliphatic carbocycles. The molecule has 120 valence electrons. The van der Waals surface area contributed by atoms with Gasteiger partial charge in [-0.15, -0.1) is 0 Å². The van der Waals surface area contributed by atoms with E-state index in [4.69, 9.17) is 4.74 Å². The molecule has 1 atom stereocenters. The molecule has 0 saturated carbocycles. The van der Waals surface area contributed by atoms with Gasteiger partial charge in [-0.3, -0.25) is 4.79 Å². The van der Waals surface area contributed by atoms with Crippen LogP contribution in [0.1, 0.15) is 32.6 Å². The number of piperidine rings is 1. The van der Waals surface area contributed by atoms with Gasteiger partial charge >= 0.3 is 11.9 Å². The van der Waals surface area contributed by atoms with Crippen molar-refractivity contribution >= 4 is 23.6 Å². The van der Waals surface area contributed by atoms with Gasteiger partial charge in [-0.05, 0) is 45.0 Å². The number of nitrogens with zero attached hydrogens (tertiary/aromatic N) is 2. The average molecular weight is 314 g/mol. The molecule has 0 N–H and O–H groups in total. The number of amides is 1. The molecule has 1 unspecified atom stereocenters. The summed E-state index contributed by atoms with van der Waals surface area (Å²) in [6.45, 7) is 5.77. The first-order chi connectivity index (χ1) is 10.2. The zero-order valence-electron chi connectivity index (χ0n) is 12.9. The van der Waals surface area contributed by atoms with Crippen molar-refractivity contribution in [3.05, 3.63) is 0 Å². The van der Waals surface area contributed by atoms with Crippen molar-refractivity contribution in [1.29, 1.82) is 0 Å². The summed E-state index contributed by atoms with van der Waals surface area (Å²) in [5, 5.41) is 0. The fourth-order valence-corrected chi connectivity index (χ4v) is 4.05. The number of hydrogen-bond acceptors (Lipinski definition) is 5. The molecule has 0 spiro atoms. The van der Waals surface area contributed by atoms with Crippen LogP contribution in [0.3, 0.4) is 0 Å². The Hall–Kier alpha value is -0.750. The predicted molar refractivity (Wildman–Crippen MR) is 84.4 cm³/mol. The minimum Gasteiger partial charge on any atom is -0.459 e. The van der Waals surface area contributed by atoms with Crippen molar-refractivity contribution in [2.45, 2.75) is 38.6 Å². The third-order valence-electron chi connectivity index (χ3n) is 4.07. The van der Waals surface area contributed by atoms with Crippen LogP contribution in [-0.4, -0.2) is 72.0 Å². The lowest BCUT2D eigenvalue weighted by Gasteiger charge is -2.35. The lowest BCUT2D eigenvalue weighted by atomic mass is 10.1. The van der Waals surface area contributed by atoms with Gasteiger partial charge in [0, 0.05) is 18.8 Å². The third-order valence-corrected chi connectivity index (χ3v) is 5.27. The van der Waals surface area contributed by atoms with Crippen LogP contribution < -0.4 is 0 Å². The van der Waals surface area contributed by atoms with Crippen molar-refractivity contribution in [1.82, 2.24) is 9.80 Å². The molecule has 2 fully saturated rings. The zero-order valence-corrected chi connectivity index (χ0v) is 13.7. The van der Waals surface area contributed by atoms with Crippen LogP contribution >= 0.6 is 11.8 Å². The minimum absolute atomic E-state index is 0.132. The molecule has 0 aromatic rings. The monoisotopic (exact) mass is 314 g/mol. The Morgan fingerprint density at radius 1 is 1.14 bits per heavy atom. The summed E-state index contributed by atoms with van der Waals surface area (Å²) in [4.78, 5) is 28.3. The number of esters is 1. The first kappa shape index (κ1) is 16.6. The molecule has 2 heterocycles. The maximum atomic E-state index is 12.3. The Bertz CT molecular complexity index is 359. The maximum Gasteiger partial charge on any atom is 0.397 e. The van der Waals surface area contributed by atoms with Crippen molar-refractivity contribution < 1.29 is 14.3 Å². The highest BCUT2D eigenvalue weighted by atomic mass is 32.2. The Labute approximate surface area is 131 Å². The van der Waals surface area contributed by atoms with Crippen molar-refractivity contribution in [2.75, 3.05) is 44.3 Å². The Morgan fingerprint density at radius 3 is 2.62 bits per heavy atom. The predicted octanol–water partition coefficient (Wildman–Crippen LogP) is 1.37. The molecule has 2 saturated heterocycles. The zero-order chi connectivity index (χ0) is 15.1. The highest BCUT2D eigenvalue weighted by Crippen LogP contribution is 2.19. The Kier molecular flexibility index (Phi) is 6.83. The van der Waals surface area contributed by atoms with E-state index in [2.05, 4.69) is 4.90 Å². The normalized spacial score (nSPS) is 24.4. The van der Waals surface area contributed by atoms with Crippen LogP contribution in [0.2, 0.25) is 0 Å². The van der Waals surface area contributed by atoms with Crippen molar-refractivity contribution in [3.8, 4) is 0 Å². The van der Waals surface area contributed by atoms with Crippen LogP contribution in [0.15, 0.2) is 0 Å². The third kappa shape index (κ3) is 4.88. The first-order valence-electron chi connectivity index (χ1n) is 8.00. The second-order valence-electron chi connectivity index (χ2n) is 5.66. The summed E-state index contributed by atoms with van der Waals surface area (Å²) >= 11 is 1.89. The molecule has 5 nitrogen and oxygen atoms in total. The van der Waals surface area contributed by atoms with E-state index in [9.17, 15) is 9.59 Å². The Morgan fingerprint density at radius 2 is 1.90 bits per heavy atom. The molecule has 0 aromatic heterocycles. The van der Waals surface area contributed by atoms with Crippen molar-refractivity contribution in [2.24, 2.45) is 0 Å². The van der Waals surface area contributed by atoms with E-state index in [1.54, 1.807) is 11.8 Å². The van der Waals surface area contributed by atoms with Crippen molar-refractivity contribution in [3.63, 3.8) is 0 Å². The standard InChI is InChI=1S/C15H26N2O3S/c1-2-20-15(19)14(18)17-9-6-10-21-12-13(17)11-16-7-4-3-5-8-16/h13H,2-12H2,1H3. The van der Waals surface area contributed by atoms with Gasteiger partial charge in [-0.2, -0.15) is 11.8 Å². The summed E-state index contributed by atoms with van der Waals surface area (Å²) in [6.07, 6.45) is 4.74. The maximum absolute atomic E-state index is 12.3. The molecule has 0 radical (unpaired) electrons. The number of rotatable bonds is 3. The second kappa shape index (κ2) is 8.63. The first-order valence-corrected chi connectivity index (χ1v) is 9.15. The van der Waals surface area contributed by atoms with E-state index in [0.29, 0.717) is 6.54 Å². The highest BCUT2D eigenvalue weighted by molar-refractivity contribution is 7.99. The van der Waals surface area contributed by atoms with Gasteiger partial charge < -0.3 is 14.5 Å². The van der Waals surface area contributed by atoms with Gasteiger partial charge in [0.2, 0.25) is 0 Å². The summed E-state index contributed by atoms with van der Waals surface area (Å²) in [6, 6.07) is 0.132. The van der Waals surface area contributed by atoms with Crippen LogP contribution in [0.25, 0.3) is 0 Å². The summed E-state index contributed by atoms with van der Waals surface area (Å²) in [5.41, 5.74) is 0. The highest BCUT2D eigenvalue weighted by Gasteiger charge is 2.32. The molecule has 0 bridgehead atoms. The smallest absolute Gasteiger partial charge is 0.397 e. The van der Waals surface area contributed by atoms with Gasteiger partial charge in [0.1, 0.15) is 0 Å². The Balaban J connectivity index is 1.99. The van der Waals surface area contributed by atoms with E-state index in [1.807, 2.05) is 11.8 Å². The van der Waals surface area contributed by atoms with Gasteiger partial charge in [-0.25, -0.2) is 4.79 Å². The molecule has 6 heteroatoms. The van der Waals surface area contributed by atoms with E-state index in [0.717, 1.165) is 37.6 Å². The summed E-state index contributed by atoms with van der Waals surface area (Å²) < 4.78 is 4.89. The van der Waals surface area contributed by atoms with E-state index < -0.39 is 11.9 Å². The second-order valence-corrected chi connectivity index (χ2v) is 6.81. The largest absolute Gasteiger partial charge is 0.459 e. The quantitative estimate of drug-likeness (QED) is 0.582. The number of hydrogen-bond donors (Lipinski definition) is 0. The van der Waals surface area contributed by atoms with Crippen LogP contribution in [-0.2, 0) is 14.3 Å². The summed E-state index contributed by atoms with van der Waals surface area (Å²) in [5.74, 6) is 0.819. The number of thioether (sulfide) groups is 1. The van der Waals surface area contributed by atoms with Crippen LogP contribution in [0.4, 0.5) is 0 Å². The topological polar surface area (TPSA) is 49.9 Å². The number of likely N-dealkylation sites (tertiary alicyclic amines) is 1. The molecular formula is C15H26N2O3S. The fraction of sp³-hybridized carbons (Fsp3) is 0.867. The van der Waals surface area contributed by atoms with E-state index >= 15 is 0 Å². The minimum atomic E-state index is -0.701. The molecule has 1 amide bonds. The fourth-order valence-electron chi connectivity index (χ4n) is 3.00. The SMILES string of the molecule is CCOC(=O)C(=O)N1CCCSCC1CN1CCCCC1. The van der Waals surface area contributed by atoms with Crippen LogP contribution in [0, 0.1) is 0 Å². The number of carbonyl (C=O) groups excluding carboxylic acids is 2. The molecule has 2 aliphatic rings. The average Bonchev–Trinajstić information content (AvgIpc) is 2.73. The molecule has 2 rings (SSSR count). The molecule has 0 aromatic carbocycles. The van der Waals surface area contributed by atoms with Gasteiger partial charge in [-0.1, -0.05) is 6.42 Å². The molecular weight excluding hydrogens is 288 g/mol. The lowest BCUT2D eigenvalue weighted by Crippen LogP contribution is -2.51. The summed E-state index contributed by atoms with van der Waals surface area (Å²) in [7, 11) is 0. The van der Waals surface area contributed by atoms with Gasteiger partial charge in [0.05, 0.1) is 12.6 Å². The van der Waals surface area contributed by atoms with E-state index in [-0.39, 0.29) is 12.6 Å². The number of carbonyl (C=O) groups is 2. The number of ether oxygens (including phenoxy) is 1. The van der Waals surface area contributed by atoms with Crippen LogP contribution in [0.5, 0.6) is 0 Å². The van der Waals surface area contributed by atoms with Gasteiger partial charge in [0.15, 0.2) is 0 Å².